The molecular weight excluding hydrogens is 100 g/mol. The molecule has 0 unspecified atom stereocenters. The third kappa shape index (κ3) is 0.819. The fourth-order valence-corrected chi connectivity index (χ4v) is 0.896. The van der Waals surface area contributed by atoms with Crippen LogP contribution in [0.3, 0.4) is 0 Å². The van der Waals surface area contributed by atoms with Gasteiger partial charge in [0.2, 0.25) is 0 Å². The molecule has 2 atom stereocenters. The molecule has 0 radical (unpaired) electrons. The number of aliphatic hydroxyl groups excluding tert-OH is 1. The molecule has 0 fully saturated rings. The van der Waals surface area contributed by atoms with Gasteiger partial charge in [-0.05, 0) is 6.42 Å². The van der Waals surface area contributed by atoms with Crippen LogP contribution in [0.5, 0.6) is 0 Å². The average molecular weight is 110 g/mol. The van der Waals surface area contributed by atoms with Crippen LogP contribution in [0.15, 0.2) is 24.8 Å². The summed E-state index contributed by atoms with van der Waals surface area (Å²) in [5.41, 5.74) is 0. The summed E-state index contributed by atoms with van der Waals surface area (Å²) in [6.07, 6.45) is 6.33. The van der Waals surface area contributed by atoms with Crippen LogP contribution >= 0.6 is 0 Å². The molecule has 0 heterocycles. The van der Waals surface area contributed by atoms with E-state index in [1.165, 1.54) is 0 Å². The van der Waals surface area contributed by atoms with Crippen molar-refractivity contribution in [2.24, 2.45) is 5.92 Å². The van der Waals surface area contributed by atoms with Gasteiger partial charge in [0.05, 0.1) is 6.10 Å². The van der Waals surface area contributed by atoms with Crippen molar-refractivity contribution >= 4 is 0 Å². The summed E-state index contributed by atoms with van der Waals surface area (Å²) < 4.78 is 0. The van der Waals surface area contributed by atoms with E-state index in [9.17, 15) is 0 Å². The lowest BCUT2D eigenvalue weighted by Crippen LogP contribution is -2.09. The zero-order valence-corrected chi connectivity index (χ0v) is 4.75. The van der Waals surface area contributed by atoms with Crippen molar-refractivity contribution in [3.05, 3.63) is 24.8 Å². The highest BCUT2D eigenvalue weighted by atomic mass is 16.3. The number of hydrogen-bond donors (Lipinski definition) is 1. The van der Waals surface area contributed by atoms with Gasteiger partial charge in [-0.25, -0.2) is 0 Å². The van der Waals surface area contributed by atoms with Gasteiger partial charge >= 0.3 is 0 Å². The predicted molar refractivity (Wildman–Crippen MR) is 33.5 cm³/mol. The normalized spacial score (nSPS) is 35.6. The van der Waals surface area contributed by atoms with Gasteiger partial charge in [-0.1, -0.05) is 18.2 Å². The van der Waals surface area contributed by atoms with Gasteiger partial charge in [0.25, 0.3) is 0 Å². The fourth-order valence-electron chi connectivity index (χ4n) is 0.896. The van der Waals surface area contributed by atoms with Gasteiger partial charge in [0, 0.05) is 5.92 Å². The minimum Gasteiger partial charge on any atom is -0.392 e. The van der Waals surface area contributed by atoms with E-state index >= 15 is 0 Å². The molecule has 0 aromatic carbocycles. The Hall–Kier alpha value is -0.560. The molecule has 1 aliphatic carbocycles. The van der Waals surface area contributed by atoms with Gasteiger partial charge in [-0.2, -0.15) is 0 Å². The molecular formula is C7H10O. The second kappa shape index (κ2) is 2.14. The molecule has 1 nitrogen and oxygen atoms in total. The first-order valence-electron chi connectivity index (χ1n) is 2.82. The van der Waals surface area contributed by atoms with Gasteiger partial charge < -0.3 is 5.11 Å². The highest BCUT2D eigenvalue weighted by molar-refractivity contribution is 5.08. The van der Waals surface area contributed by atoms with Crippen molar-refractivity contribution < 1.29 is 5.11 Å². The van der Waals surface area contributed by atoms with E-state index in [-0.39, 0.29) is 12.0 Å². The lowest BCUT2D eigenvalue weighted by molar-refractivity contribution is 0.162. The van der Waals surface area contributed by atoms with E-state index in [1.54, 1.807) is 6.08 Å². The second-order valence-electron chi connectivity index (χ2n) is 2.04. The standard InChI is InChI=1S/C7H10O/c1-2-6-4-3-5-7(6)8/h2-4,6-8H,1,5H2/t6-,7-/m0/s1. The Morgan fingerprint density at radius 1 is 1.75 bits per heavy atom. The zero-order valence-electron chi connectivity index (χ0n) is 4.75. The lowest BCUT2D eigenvalue weighted by atomic mass is 10.1. The fraction of sp³-hybridized carbons (Fsp3) is 0.429. The van der Waals surface area contributed by atoms with Gasteiger partial charge in [-0.3, -0.25) is 0 Å². The Labute approximate surface area is 49.3 Å². The second-order valence-corrected chi connectivity index (χ2v) is 2.04. The molecule has 1 aliphatic rings. The Morgan fingerprint density at radius 3 is 2.75 bits per heavy atom. The third-order valence-electron chi connectivity index (χ3n) is 1.45. The van der Waals surface area contributed by atoms with Crippen LogP contribution < -0.4 is 0 Å². The topological polar surface area (TPSA) is 20.2 Å². The molecule has 1 rings (SSSR count). The van der Waals surface area contributed by atoms with E-state index in [0.717, 1.165) is 6.42 Å². The quantitative estimate of drug-likeness (QED) is 0.501. The molecule has 1 N–H and O–H groups in total. The number of hydrogen-bond acceptors (Lipinski definition) is 1. The van der Waals surface area contributed by atoms with Crippen molar-refractivity contribution in [1.82, 2.24) is 0 Å². The molecule has 0 saturated heterocycles. The largest absolute Gasteiger partial charge is 0.392 e. The third-order valence-corrected chi connectivity index (χ3v) is 1.45. The maximum absolute atomic E-state index is 9.06. The molecule has 8 heavy (non-hydrogen) atoms. The number of rotatable bonds is 1. The van der Waals surface area contributed by atoms with Crippen LogP contribution in [0, 0.1) is 5.92 Å². The van der Waals surface area contributed by atoms with Gasteiger partial charge in [0.1, 0.15) is 0 Å². The molecule has 0 aromatic rings. The first kappa shape index (κ1) is 5.57. The first-order chi connectivity index (χ1) is 3.84. The average Bonchev–Trinajstić information content (AvgIpc) is 2.14. The Bertz CT molecular complexity index is 116. The van der Waals surface area contributed by atoms with E-state index < -0.39 is 0 Å². The van der Waals surface area contributed by atoms with E-state index in [0.29, 0.717) is 0 Å². The molecule has 0 aliphatic heterocycles. The van der Waals surface area contributed by atoms with Crippen LogP contribution in [0.25, 0.3) is 0 Å². The minimum absolute atomic E-state index is 0.201. The van der Waals surface area contributed by atoms with Crippen molar-refractivity contribution in [3.8, 4) is 0 Å². The molecule has 0 amide bonds. The summed E-state index contributed by atoms with van der Waals surface area (Å²) >= 11 is 0. The molecule has 0 aromatic heterocycles. The molecule has 44 valence electrons. The van der Waals surface area contributed by atoms with Gasteiger partial charge in [0.15, 0.2) is 0 Å². The highest BCUT2D eigenvalue weighted by Crippen LogP contribution is 2.17. The van der Waals surface area contributed by atoms with Crippen LogP contribution in [0.1, 0.15) is 6.42 Å². The minimum atomic E-state index is -0.201. The van der Waals surface area contributed by atoms with Crippen LogP contribution in [0.2, 0.25) is 0 Å². The van der Waals surface area contributed by atoms with E-state index in [4.69, 9.17) is 5.11 Å². The zero-order chi connectivity index (χ0) is 5.98. The summed E-state index contributed by atoms with van der Waals surface area (Å²) in [4.78, 5) is 0. The summed E-state index contributed by atoms with van der Waals surface area (Å²) in [6.45, 7) is 3.58. The maximum atomic E-state index is 9.06. The van der Waals surface area contributed by atoms with Crippen LogP contribution in [-0.2, 0) is 0 Å². The maximum Gasteiger partial charge on any atom is 0.0671 e. The van der Waals surface area contributed by atoms with Crippen molar-refractivity contribution in [3.63, 3.8) is 0 Å². The summed E-state index contributed by atoms with van der Waals surface area (Å²) in [5, 5.41) is 9.06. The van der Waals surface area contributed by atoms with Crippen molar-refractivity contribution in [1.29, 1.82) is 0 Å². The SMILES string of the molecule is C=C[C@H]1C=CC[C@@H]1O. The van der Waals surface area contributed by atoms with Crippen molar-refractivity contribution in [2.45, 2.75) is 12.5 Å². The molecule has 0 spiro atoms. The van der Waals surface area contributed by atoms with Crippen LogP contribution in [0.4, 0.5) is 0 Å². The number of aliphatic hydroxyl groups is 1. The highest BCUT2D eigenvalue weighted by Gasteiger charge is 2.15. The summed E-state index contributed by atoms with van der Waals surface area (Å²) in [5.74, 6) is 0.204. The lowest BCUT2D eigenvalue weighted by Gasteiger charge is -2.05. The first-order valence-corrected chi connectivity index (χ1v) is 2.82. The Morgan fingerprint density at radius 2 is 2.50 bits per heavy atom. The molecule has 0 saturated carbocycles. The van der Waals surface area contributed by atoms with E-state index in [2.05, 4.69) is 6.58 Å². The van der Waals surface area contributed by atoms with Crippen molar-refractivity contribution in [2.75, 3.05) is 0 Å². The predicted octanol–water partition coefficient (Wildman–Crippen LogP) is 1.11. The van der Waals surface area contributed by atoms with E-state index in [1.807, 2.05) is 12.2 Å². The molecule has 1 heteroatoms. The Kier molecular flexibility index (Phi) is 1.49. The Balaban J connectivity index is 2.52. The smallest absolute Gasteiger partial charge is 0.0671 e. The monoisotopic (exact) mass is 110 g/mol. The van der Waals surface area contributed by atoms with Gasteiger partial charge in [-0.15, -0.1) is 6.58 Å². The molecule has 0 bridgehead atoms. The summed E-state index contributed by atoms with van der Waals surface area (Å²) in [7, 11) is 0. The summed E-state index contributed by atoms with van der Waals surface area (Å²) in [6, 6.07) is 0. The van der Waals surface area contributed by atoms with Crippen LogP contribution in [-0.4, -0.2) is 11.2 Å².